The van der Waals surface area contributed by atoms with Crippen LogP contribution in [0.1, 0.15) is 66.8 Å². The van der Waals surface area contributed by atoms with Gasteiger partial charge in [0, 0.05) is 66.6 Å². The molecule has 0 bridgehead atoms. The number of thiophene rings is 1. The molecular formula is C39H37ClF5N9O2S. The highest BCUT2D eigenvalue weighted by Gasteiger charge is 2.50. The number of nitrogen functional groups attached to an aromatic ring is 1. The number of benzene rings is 2. The molecule has 57 heavy (non-hydrogen) atoms. The molecule has 7 heterocycles. The zero-order valence-electron chi connectivity index (χ0n) is 30.8. The average Bonchev–Trinajstić information content (AvgIpc) is 3.87. The Hall–Kier alpha value is -4.79. The van der Waals surface area contributed by atoms with Crippen molar-refractivity contribution >= 4 is 60.7 Å². The van der Waals surface area contributed by atoms with Gasteiger partial charge in [-0.05, 0) is 62.9 Å². The van der Waals surface area contributed by atoms with Crippen LogP contribution in [0.2, 0.25) is 5.02 Å². The van der Waals surface area contributed by atoms with Gasteiger partial charge in [-0.3, -0.25) is 9.69 Å². The third-order valence-corrected chi connectivity index (χ3v) is 13.5. The van der Waals surface area contributed by atoms with Crippen LogP contribution >= 0.6 is 22.9 Å². The maximum absolute atomic E-state index is 17.3. The molecule has 1 spiro atoms. The highest BCUT2D eigenvalue weighted by Crippen LogP contribution is 2.47. The zero-order chi connectivity index (χ0) is 40.0. The molecule has 11 nitrogen and oxygen atoms in total. The predicted octanol–water partition coefficient (Wildman–Crippen LogP) is 7.88. The molecule has 4 aliphatic heterocycles. The third-order valence-electron chi connectivity index (χ3n) is 12.1. The van der Waals surface area contributed by atoms with Gasteiger partial charge in [0.2, 0.25) is 0 Å². The highest BCUT2D eigenvalue weighted by molar-refractivity contribution is 7.23. The monoisotopic (exact) mass is 825 g/mol. The van der Waals surface area contributed by atoms with Gasteiger partial charge in [-0.15, -0.1) is 11.3 Å². The molecule has 0 unspecified atom stereocenters. The third kappa shape index (κ3) is 6.22. The molecule has 2 aromatic carbocycles. The lowest BCUT2D eigenvalue weighted by Crippen LogP contribution is -2.62. The number of anilines is 2. The first-order valence-corrected chi connectivity index (χ1v) is 20.0. The first kappa shape index (κ1) is 37.8. The van der Waals surface area contributed by atoms with Crippen molar-refractivity contribution in [2.45, 2.75) is 63.7 Å². The molecular weight excluding hydrogens is 789 g/mol. The van der Waals surface area contributed by atoms with Crippen LogP contribution in [0.5, 0.6) is 6.01 Å². The van der Waals surface area contributed by atoms with Crippen molar-refractivity contribution in [1.29, 1.82) is 5.26 Å². The van der Waals surface area contributed by atoms with E-state index >= 15 is 8.78 Å². The van der Waals surface area contributed by atoms with E-state index in [1.807, 2.05) is 11.0 Å². The summed E-state index contributed by atoms with van der Waals surface area (Å²) in [5.41, 5.74) is 5.28. The van der Waals surface area contributed by atoms with Gasteiger partial charge in [-0.2, -0.15) is 29.1 Å². The van der Waals surface area contributed by atoms with Crippen LogP contribution in [-0.2, 0) is 0 Å². The Bertz CT molecular complexity index is 2500. The summed E-state index contributed by atoms with van der Waals surface area (Å²) in [4.78, 5) is 28.6. The van der Waals surface area contributed by atoms with Crippen LogP contribution in [0.25, 0.3) is 32.1 Å². The number of aromatic nitrogens is 4. The van der Waals surface area contributed by atoms with Gasteiger partial charge in [0.15, 0.2) is 11.5 Å². The Kier molecular flexibility index (Phi) is 9.24. The van der Waals surface area contributed by atoms with Crippen LogP contribution in [0, 0.1) is 35.3 Å². The van der Waals surface area contributed by atoms with Gasteiger partial charge in [0.25, 0.3) is 5.91 Å². The molecule has 4 fully saturated rings. The molecule has 2 N–H and O–H groups in total. The van der Waals surface area contributed by atoms with Crippen LogP contribution in [0.3, 0.4) is 0 Å². The molecule has 2 atom stereocenters. The summed E-state index contributed by atoms with van der Waals surface area (Å²) in [6, 6.07) is 7.37. The molecule has 0 saturated carbocycles. The zero-order valence-corrected chi connectivity index (χ0v) is 32.4. The van der Waals surface area contributed by atoms with Gasteiger partial charge in [0.05, 0.1) is 20.8 Å². The molecule has 0 aliphatic carbocycles. The van der Waals surface area contributed by atoms with E-state index in [0.717, 1.165) is 50.0 Å². The summed E-state index contributed by atoms with van der Waals surface area (Å²) in [7, 11) is 0. The number of amides is 1. The van der Waals surface area contributed by atoms with E-state index in [0.29, 0.717) is 55.0 Å². The fourth-order valence-corrected chi connectivity index (χ4v) is 10.8. The number of halogens is 6. The lowest BCUT2D eigenvalue weighted by atomic mass is 9.75. The molecule has 18 heteroatoms. The maximum atomic E-state index is 17.3. The second kappa shape index (κ2) is 13.9. The number of hydrogen-bond donors (Lipinski definition) is 1. The molecule has 3 aromatic heterocycles. The van der Waals surface area contributed by atoms with Gasteiger partial charge in [0.1, 0.15) is 41.0 Å². The van der Waals surface area contributed by atoms with Gasteiger partial charge in [-0.1, -0.05) is 24.1 Å². The number of carbonyl (C=O) groups excluding carboxylic acids is 1. The van der Waals surface area contributed by atoms with E-state index in [9.17, 15) is 23.2 Å². The minimum atomic E-state index is -2.87. The van der Waals surface area contributed by atoms with E-state index < -0.39 is 35.8 Å². The average molecular weight is 826 g/mol. The summed E-state index contributed by atoms with van der Waals surface area (Å²) in [6.45, 7) is 1.41. The van der Waals surface area contributed by atoms with E-state index in [4.69, 9.17) is 27.1 Å². The fraction of sp³-hybridized carbons (Fsp3) is 0.462. The summed E-state index contributed by atoms with van der Waals surface area (Å²) in [5, 5.41) is 14.3. The molecule has 9 rings (SSSR count). The minimum absolute atomic E-state index is 0.0102. The van der Waals surface area contributed by atoms with Crippen LogP contribution in [-0.4, -0.2) is 93.0 Å². The van der Waals surface area contributed by atoms with Crippen LogP contribution in [0.4, 0.5) is 32.8 Å². The smallest absolute Gasteiger partial charge is 0.333 e. The first-order chi connectivity index (χ1) is 27.3. The Morgan fingerprint density at radius 2 is 1.95 bits per heavy atom. The van der Waals surface area contributed by atoms with Crippen molar-refractivity contribution in [2.24, 2.45) is 5.41 Å². The van der Waals surface area contributed by atoms with Crippen molar-refractivity contribution in [3.63, 3.8) is 0 Å². The number of carbonyl (C=O) groups is 1. The summed E-state index contributed by atoms with van der Waals surface area (Å²) >= 11 is 7.83. The number of nitriles is 1. The molecule has 4 aliphatic rings. The number of ether oxygens (including phenoxy) is 1. The second-order valence-electron chi connectivity index (χ2n) is 15.8. The number of likely N-dealkylation sites (tertiary alicyclic amines) is 1. The molecule has 1 amide bonds. The van der Waals surface area contributed by atoms with Crippen molar-refractivity contribution in [3.8, 4) is 23.2 Å². The number of fused-ring (bicyclic) bond motifs is 3. The number of nitrogens with two attached hydrogens (primary N) is 1. The fourth-order valence-electron chi connectivity index (χ4n) is 9.53. The van der Waals surface area contributed by atoms with Crippen molar-refractivity contribution in [3.05, 3.63) is 57.9 Å². The number of alkyl halides is 3. The number of nitrogens with zero attached hydrogens (tertiary/aromatic N) is 8. The van der Waals surface area contributed by atoms with E-state index in [2.05, 4.69) is 15.0 Å². The predicted molar refractivity (Wildman–Crippen MR) is 206 cm³/mol. The highest BCUT2D eigenvalue weighted by atomic mass is 35.5. The Labute approximate surface area is 332 Å². The van der Waals surface area contributed by atoms with Crippen molar-refractivity contribution < 1.29 is 31.5 Å². The van der Waals surface area contributed by atoms with Gasteiger partial charge in [-0.25, -0.2) is 17.9 Å². The molecule has 298 valence electrons. The molecule has 4 saturated heterocycles. The number of hydrogen-bond acceptors (Lipinski definition) is 10. The van der Waals surface area contributed by atoms with Crippen LogP contribution < -0.4 is 15.4 Å². The van der Waals surface area contributed by atoms with E-state index in [-0.39, 0.29) is 71.7 Å². The summed E-state index contributed by atoms with van der Waals surface area (Å²) in [5.74, 6) is -1.52. The maximum Gasteiger partial charge on any atom is 0.333 e. The lowest BCUT2D eigenvalue weighted by molar-refractivity contribution is 0.00544. The Balaban J connectivity index is 1.11. The van der Waals surface area contributed by atoms with E-state index in [1.165, 1.54) is 25.1 Å². The van der Waals surface area contributed by atoms with Gasteiger partial charge >= 0.3 is 12.6 Å². The van der Waals surface area contributed by atoms with E-state index in [1.54, 1.807) is 11.0 Å². The quantitative estimate of drug-likeness (QED) is 0.163. The van der Waals surface area contributed by atoms with Crippen LogP contribution in [0.15, 0.2) is 24.3 Å². The Morgan fingerprint density at radius 1 is 1.14 bits per heavy atom. The van der Waals surface area contributed by atoms with Crippen molar-refractivity contribution in [2.75, 3.05) is 56.5 Å². The second-order valence-corrected chi connectivity index (χ2v) is 17.3. The first-order valence-electron chi connectivity index (χ1n) is 18.8. The normalized spacial score (nSPS) is 22.1. The lowest BCUT2D eigenvalue weighted by Gasteiger charge is -2.51. The molecule has 5 aromatic rings. The number of rotatable bonds is 7. The SMILES string of the molecule is Cc1cc(C(=O)N2CC3(CCCCN(c4nc(OC[C@@]56CCCN5C[C@H](F)C6)nc5c(F)c(-c6ccc(F)c7sc(N)c(C#N)c67)c(Cl)cc45)C3)C2)nn1C(F)F. The summed E-state index contributed by atoms with van der Waals surface area (Å²) < 4.78 is 80.8. The summed E-state index contributed by atoms with van der Waals surface area (Å²) in [6.07, 6.45) is 3.30. The molecule has 0 radical (unpaired) electrons. The largest absolute Gasteiger partial charge is 0.461 e. The topological polar surface area (TPSA) is 129 Å². The Morgan fingerprint density at radius 3 is 2.70 bits per heavy atom. The standard InChI is InChI=1S/C39H37ClF5N9O2S/c1-20-11-27(50-54(20)36(44)45)35(55)52-17-38(18-52)7-2-3-9-51(16-38)34-23-12-25(40)29(22-5-6-26(42)32-28(22)24(14-46)33(47)57-32)30(43)31(23)48-37(49-34)56-19-39-8-4-10-53(39)15-21(41)13-39/h5-6,11-12,21,36H,2-4,7-10,13,15-19,47H2,1H3/t21-,39+/m1/s1. The van der Waals surface area contributed by atoms with Gasteiger partial charge < -0.3 is 20.3 Å². The minimum Gasteiger partial charge on any atom is -0.461 e. The number of aryl methyl sites for hydroxylation is 1. The van der Waals surface area contributed by atoms with Crippen molar-refractivity contribution in [1.82, 2.24) is 29.5 Å².